The Bertz CT molecular complexity index is 299. The van der Waals surface area contributed by atoms with E-state index in [0.29, 0.717) is 5.92 Å². The van der Waals surface area contributed by atoms with Crippen LogP contribution in [0, 0.1) is 11.8 Å². The zero-order valence-corrected chi connectivity index (χ0v) is 6.95. The molecule has 2 heteroatoms. The largest absolute Gasteiger partial charge is 0.332 e. The maximum absolute atomic E-state index is 11.4. The first-order valence-electron chi connectivity index (χ1n) is 4.14. The molecule has 0 radical (unpaired) electrons. The summed E-state index contributed by atoms with van der Waals surface area (Å²) in [4.78, 5) is 11.4. The van der Waals surface area contributed by atoms with Gasteiger partial charge in [-0.1, -0.05) is 25.2 Å². The molecule has 1 heterocycles. The minimum Gasteiger partial charge on any atom is -0.332 e. The van der Waals surface area contributed by atoms with Gasteiger partial charge >= 0.3 is 0 Å². The third kappa shape index (κ3) is 0.998. The Labute approximate surface area is 71.7 Å². The minimum atomic E-state index is 0.0278. The van der Waals surface area contributed by atoms with Gasteiger partial charge in [-0.2, -0.15) is 0 Å². The molecule has 1 N–H and O–H groups in total. The summed E-state index contributed by atoms with van der Waals surface area (Å²) in [7, 11) is 0. The third-order valence-corrected chi connectivity index (χ3v) is 2.37. The van der Waals surface area contributed by atoms with Crippen molar-refractivity contribution >= 4 is 5.91 Å². The van der Waals surface area contributed by atoms with Gasteiger partial charge in [-0.25, -0.2) is 0 Å². The average Bonchev–Trinajstić information content (AvgIpc) is 2.04. The third-order valence-electron chi connectivity index (χ3n) is 2.37. The van der Waals surface area contributed by atoms with E-state index in [1.807, 2.05) is 18.2 Å². The lowest BCUT2D eigenvalue weighted by Gasteiger charge is -2.26. The number of hydrogen-bond acceptors (Lipinski definition) is 1. The molecule has 0 aromatic carbocycles. The fourth-order valence-corrected chi connectivity index (χ4v) is 1.72. The summed E-state index contributed by atoms with van der Waals surface area (Å²) in [5.41, 5.74) is 1.12. The van der Waals surface area contributed by atoms with E-state index in [0.717, 1.165) is 5.57 Å². The van der Waals surface area contributed by atoms with Gasteiger partial charge in [0.25, 0.3) is 0 Å². The van der Waals surface area contributed by atoms with E-state index in [4.69, 9.17) is 0 Å². The van der Waals surface area contributed by atoms with Crippen molar-refractivity contribution in [2.45, 2.75) is 6.92 Å². The van der Waals surface area contributed by atoms with Crippen molar-refractivity contribution in [3.63, 3.8) is 0 Å². The van der Waals surface area contributed by atoms with Crippen LogP contribution in [0.2, 0.25) is 0 Å². The molecule has 0 bridgehead atoms. The number of hydrogen-bond donors (Lipinski definition) is 1. The lowest BCUT2D eigenvalue weighted by atomic mass is 9.81. The molecule has 2 unspecified atom stereocenters. The number of allylic oxidation sites excluding steroid dienone is 4. The van der Waals surface area contributed by atoms with Crippen LogP contribution in [0.3, 0.4) is 0 Å². The van der Waals surface area contributed by atoms with Crippen LogP contribution in [-0.4, -0.2) is 5.91 Å². The van der Waals surface area contributed by atoms with Crippen molar-refractivity contribution in [3.05, 3.63) is 36.1 Å². The minimum absolute atomic E-state index is 0.0278. The molecule has 2 aliphatic rings. The van der Waals surface area contributed by atoms with Crippen molar-refractivity contribution in [2.24, 2.45) is 11.8 Å². The highest BCUT2D eigenvalue weighted by molar-refractivity contribution is 5.85. The molecule has 12 heavy (non-hydrogen) atoms. The van der Waals surface area contributed by atoms with Gasteiger partial charge in [-0.05, 0) is 17.6 Å². The first-order valence-corrected chi connectivity index (χ1v) is 4.14. The summed E-state index contributed by atoms with van der Waals surface area (Å²) < 4.78 is 0. The van der Waals surface area contributed by atoms with Gasteiger partial charge in [0.05, 0.1) is 5.92 Å². The van der Waals surface area contributed by atoms with Crippen LogP contribution in [0.25, 0.3) is 0 Å². The van der Waals surface area contributed by atoms with E-state index >= 15 is 0 Å². The molecule has 2 atom stereocenters. The van der Waals surface area contributed by atoms with Gasteiger partial charge in [0.2, 0.25) is 5.91 Å². The molecule has 1 aliphatic heterocycles. The highest BCUT2D eigenvalue weighted by Gasteiger charge is 2.29. The molecule has 0 saturated heterocycles. The predicted molar refractivity (Wildman–Crippen MR) is 47.2 cm³/mol. The average molecular weight is 161 g/mol. The van der Waals surface area contributed by atoms with E-state index in [9.17, 15) is 4.79 Å². The fourth-order valence-electron chi connectivity index (χ4n) is 1.72. The fraction of sp³-hybridized carbons (Fsp3) is 0.300. The molecule has 0 spiro atoms. The van der Waals surface area contributed by atoms with E-state index in [2.05, 4.69) is 18.3 Å². The van der Waals surface area contributed by atoms with Gasteiger partial charge in [-0.15, -0.1) is 0 Å². The molecule has 1 amide bonds. The second-order valence-electron chi connectivity index (χ2n) is 3.23. The monoisotopic (exact) mass is 161 g/mol. The first kappa shape index (κ1) is 7.35. The Morgan fingerprint density at radius 3 is 3.08 bits per heavy atom. The topological polar surface area (TPSA) is 29.1 Å². The summed E-state index contributed by atoms with van der Waals surface area (Å²) in [6.45, 7) is 2.06. The lowest BCUT2D eigenvalue weighted by Crippen LogP contribution is -2.35. The van der Waals surface area contributed by atoms with Gasteiger partial charge < -0.3 is 5.32 Å². The molecule has 0 aromatic rings. The molecule has 0 aromatic heterocycles. The smallest absolute Gasteiger partial charge is 0.232 e. The zero-order chi connectivity index (χ0) is 8.55. The van der Waals surface area contributed by atoms with E-state index in [1.165, 1.54) is 0 Å². The van der Waals surface area contributed by atoms with Gasteiger partial charge in [-0.3, -0.25) is 4.79 Å². The van der Waals surface area contributed by atoms with E-state index in [-0.39, 0.29) is 11.8 Å². The number of rotatable bonds is 0. The summed E-state index contributed by atoms with van der Waals surface area (Å²) in [6, 6.07) is 0. The Morgan fingerprint density at radius 2 is 2.33 bits per heavy atom. The molecule has 1 aliphatic carbocycles. The number of carbonyl (C=O) groups excluding carboxylic acids is 1. The van der Waals surface area contributed by atoms with Crippen molar-refractivity contribution < 1.29 is 4.79 Å². The van der Waals surface area contributed by atoms with Crippen LogP contribution in [0.4, 0.5) is 0 Å². The summed E-state index contributed by atoms with van der Waals surface area (Å²) in [5.74, 6) is 0.454. The second kappa shape index (κ2) is 2.63. The van der Waals surface area contributed by atoms with Gasteiger partial charge in [0.15, 0.2) is 0 Å². The van der Waals surface area contributed by atoms with Gasteiger partial charge in [0, 0.05) is 6.20 Å². The quantitative estimate of drug-likeness (QED) is 0.571. The molecular weight excluding hydrogens is 150 g/mol. The molecule has 2 nitrogen and oxygen atoms in total. The number of amides is 1. The van der Waals surface area contributed by atoms with Crippen molar-refractivity contribution in [2.75, 3.05) is 0 Å². The second-order valence-corrected chi connectivity index (χ2v) is 3.23. The molecule has 0 fully saturated rings. The van der Waals surface area contributed by atoms with E-state index < -0.39 is 0 Å². The summed E-state index contributed by atoms with van der Waals surface area (Å²) in [5, 5.41) is 2.72. The Morgan fingerprint density at radius 1 is 1.50 bits per heavy atom. The van der Waals surface area contributed by atoms with Crippen LogP contribution in [0.1, 0.15) is 6.92 Å². The van der Waals surface area contributed by atoms with Crippen LogP contribution < -0.4 is 5.32 Å². The Kier molecular flexibility index (Phi) is 1.61. The van der Waals surface area contributed by atoms with E-state index in [1.54, 1.807) is 6.20 Å². The predicted octanol–water partition coefficient (Wildman–Crippen LogP) is 1.38. The molecular formula is C10H11NO. The standard InChI is InChI=1S/C10H11NO/c1-7-3-2-4-8-5-6-11-10(12)9(7)8/h2-7,9H,1H3,(H,11,12). The van der Waals surface area contributed by atoms with Crippen LogP contribution in [0.5, 0.6) is 0 Å². The summed E-state index contributed by atoms with van der Waals surface area (Å²) in [6.07, 6.45) is 9.74. The zero-order valence-electron chi connectivity index (χ0n) is 6.95. The Hall–Kier alpha value is -1.31. The molecule has 2 rings (SSSR count). The first-order chi connectivity index (χ1) is 5.79. The number of carbonyl (C=O) groups is 1. The van der Waals surface area contributed by atoms with Crippen LogP contribution in [0.15, 0.2) is 36.1 Å². The molecule has 62 valence electrons. The van der Waals surface area contributed by atoms with Gasteiger partial charge in [0.1, 0.15) is 0 Å². The number of nitrogens with one attached hydrogen (secondary N) is 1. The molecule has 0 saturated carbocycles. The lowest BCUT2D eigenvalue weighted by molar-refractivity contribution is -0.124. The van der Waals surface area contributed by atoms with Crippen molar-refractivity contribution in [3.8, 4) is 0 Å². The van der Waals surface area contributed by atoms with Crippen LogP contribution >= 0.6 is 0 Å². The summed E-state index contributed by atoms with van der Waals surface area (Å²) >= 11 is 0. The maximum Gasteiger partial charge on any atom is 0.232 e. The normalized spacial score (nSPS) is 32.4. The Balaban J connectivity index is 2.40. The number of fused-ring (bicyclic) bond motifs is 1. The highest BCUT2D eigenvalue weighted by atomic mass is 16.1. The highest BCUT2D eigenvalue weighted by Crippen LogP contribution is 2.28. The van der Waals surface area contributed by atoms with Crippen LogP contribution in [-0.2, 0) is 4.79 Å². The van der Waals surface area contributed by atoms with Crippen molar-refractivity contribution in [1.82, 2.24) is 5.32 Å². The SMILES string of the molecule is CC1C=CC=C2C=CNC(=O)C21. The maximum atomic E-state index is 11.4. The van der Waals surface area contributed by atoms with Crippen molar-refractivity contribution in [1.29, 1.82) is 0 Å².